The van der Waals surface area contributed by atoms with E-state index in [2.05, 4.69) is 15.6 Å². The predicted molar refractivity (Wildman–Crippen MR) is 110 cm³/mol. The molecule has 1 amide bonds. The van der Waals surface area contributed by atoms with E-state index in [1.54, 1.807) is 43.6 Å². The van der Waals surface area contributed by atoms with Gasteiger partial charge in [-0.25, -0.2) is 4.98 Å². The SMILES string of the molecule is COc1ccccc1CNc1cc(C(=O)Nc2ccc3c(c2)OCCO3)ccn1. The second-order valence-corrected chi connectivity index (χ2v) is 6.41. The van der Waals surface area contributed by atoms with E-state index >= 15 is 0 Å². The summed E-state index contributed by atoms with van der Waals surface area (Å²) >= 11 is 0. The molecule has 0 atom stereocenters. The molecule has 2 heterocycles. The van der Waals surface area contributed by atoms with Gasteiger partial charge >= 0.3 is 0 Å². The van der Waals surface area contributed by atoms with Gasteiger partial charge in [0.1, 0.15) is 24.8 Å². The molecule has 1 aliphatic rings. The fourth-order valence-corrected chi connectivity index (χ4v) is 3.03. The fourth-order valence-electron chi connectivity index (χ4n) is 3.03. The molecular weight excluding hydrogens is 370 g/mol. The number of aromatic nitrogens is 1. The highest BCUT2D eigenvalue weighted by Gasteiger charge is 2.14. The molecule has 0 saturated heterocycles. The van der Waals surface area contributed by atoms with Gasteiger partial charge in [0.05, 0.1) is 7.11 Å². The molecule has 0 unspecified atom stereocenters. The largest absolute Gasteiger partial charge is 0.496 e. The van der Waals surface area contributed by atoms with Gasteiger partial charge in [-0.05, 0) is 30.3 Å². The van der Waals surface area contributed by atoms with E-state index in [0.29, 0.717) is 48.3 Å². The van der Waals surface area contributed by atoms with E-state index in [9.17, 15) is 4.79 Å². The van der Waals surface area contributed by atoms with Crippen molar-refractivity contribution in [3.8, 4) is 17.2 Å². The summed E-state index contributed by atoms with van der Waals surface area (Å²) in [6.07, 6.45) is 1.60. The maximum atomic E-state index is 12.7. The first kappa shape index (κ1) is 18.6. The molecule has 1 aromatic heterocycles. The lowest BCUT2D eigenvalue weighted by atomic mass is 10.2. The van der Waals surface area contributed by atoms with Crippen LogP contribution < -0.4 is 24.8 Å². The maximum Gasteiger partial charge on any atom is 0.255 e. The molecule has 1 aliphatic heterocycles. The molecule has 0 bridgehead atoms. The first-order chi connectivity index (χ1) is 14.2. The number of amides is 1. The van der Waals surface area contributed by atoms with Crippen LogP contribution in [0.5, 0.6) is 17.2 Å². The van der Waals surface area contributed by atoms with Gasteiger partial charge in [0.2, 0.25) is 0 Å². The highest BCUT2D eigenvalue weighted by molar-refractivity contribution is 6.04. The third kappa shape index (κ3) is 4.40. The molecule has 0 aliphatic carbocycles. The Morgan fingerprint density at radius 1 is 1.07 bits per heavy atom. The average Bonchev–Trinajstić information content (AvgIpc) is 2.78. The number of hydrogen-bond acceptors (Lipinski definition) is 6. The van der Waals surface area contributed by atoms with E-state index in [0.717, 1.165) is 11.3 Å². The summed E-state index contributed by atoms with van der Waals surface area (Å²) < 4.78 is 16.4. The van der Waals surface area contributed by atoms with E-state index in [4.69, 9.17) is 14.2 Å². The van der Waals surface area contributed by atoms with Gasteiger partial charge in [-0.15, -0.1) is 0 Å². The Kier molecular flexibility index (Phi) is 5.47. The first-order valence-electron chi connectivity index (χ1n) is 9.26. The van der Waals surface area contributed by atoms with Crippen LogP contribution in [0.2, 0.25) is 0 Å². The lowest BCUT2D eigenvalue weighted by Gasteiger charge is -2.19. The number of hydrogen-bond donors (Lipinski definition) is 2. The summed E-state index contributed by atoms with van der Waals surface area (Å²) in [5, 5.41) is 6.11. The number of rotatable bonds is 6. The molecule has 7 heteroatoms. The summed E-state index contributed by atoms with van der Waals surface area (Å²) in [6, 6.07) is 16.5. The fraction of sp³-hybridized carbons (Fsp3) is 0.182. The number of nitrogens with zero attached hydrogens (tertiary/aromatic N) is 1. The Balaban J connectivity index is 1.43. The number of pyridine rings is 1. The minimum absolute atomic E-state index is 0.232. The van der Waals surface area contributed by atoms with Crippen molar-refractivity contribution >= 4 is 17.4 Å². The number of carbonyl (C=O) groups excluding carboxylic acids is 1. The Morgan fingerprint density at radius 2 is 1.90 bits per heavy atom. The van der Waals surface area contributed by atoms with Crippen LogP contribution >= 0.6 is 0 Å². The monoisotopic (exact) mass is 391 g/mol. The Hall–Kier alpha value is -3.74. The average molecular weight is 391 g/mol. The molecule has 3 aromatic rings. The smallest absolute Gasteiger partial charge is 0.255 e. The van der Waals surface area contributed by atoms with Crippen LogP contribution in [0.1, 0.15) is 15.9 Å². The number of carbonyl (C=O) groups is 1. The van der Waals surface area contributed by atoms with Crippen LogP contribution in [0.3, 0.4) is 0 Å². The maximum absolute atomic E-state index is 12.7. The molecule has 7 nitrogen and oxygen atoms in total. The molecule has 4 rings (SSSR count). The number of anilines is 2. The Morgan fingerprint density at radius 3 is 2.76 bits per heavy atom. The number of fused-ring (bicyclic) bond motifs is 1. The zero-order chi connectivity index (χ0) is 20.1. The van der Waals surface area contributed by atoms with Gasteiger partial charge in [-0.1, -0.05) is 18.2 Å². The summed E-state index contributed by atoms with van der Waals surface area (Å²) in [5.74, 6) is 2.48. The molecule has 2 N–H and O–H groups in total. The lowest BCUT2D eigenvalue weighted by molar-refractivity contribution is 0.102. The van der Waals surface area contributed by atoms with Crippen LogP contribution in [0.15, 0.2) is 60.8 Å². The van der Waals surface area contributed by atoms with Crippen LogP contribution in [0.25, 0.3) is 0 Å². The first-order valence-corrected chi connectivity index (χ1v) is 9.26. The minimum atomic E-state index is -0.232. The number of benzene rings is 2. The van der Waals surface area contributed by atoms with Gasteiger partial charge in [-0.2, -0.15) is 0 Å². The van der Waals surface area contributed by atoms with E-state index in [-0.39, 0.29) is 5.91 Å². The van der Waals surface area contributed by atoms with Gasteiger partial charge in [0.25, 0.3) is 5.91 Å². The van der Waals surface area contributed by atoms with Crippen molar-refractivity contribution in [2.24, 2.45) is 0 Å². The summed E-state index contributed by atoms with van der Waals surface area (Å²) in [5.41, 5.74) is 2.14. The Bertz CT molecular complexity index is 1020. The normalized spacial score (nSPS) is 12.2. The van der Waals surface area contributed by atoms with Crippen molar-refractivity contribution in [3.63, 3.8) is 0 Å². The topological polar surface area (TPSA) is 81.7 Å². The molecule has 0 spiro atoms. The number of ether oxygens (including phenoxy) is 3. The van der Waals surface area contributed by atoms with E-state index < -0.39 is 0 Å². The highest BCUT2D eigenvalue weighted by Crippen LogP contribution is 2.32. The van der Waals surface area contributed by atoms with Crippen molar-refractivity contribution in [1.29, 1.82) is 0 Å². The minimum Gasteiger partial charge on any atom is -0.496 e. The van der Waals surface area contributed by atoms with E-state index in [1.165, 1.54) is 0 Å². The van der Waals surface area contributed by atoms with Gasteiger partial charge < -0.3 is 24.8 Å². The third-order valence-corrected chi connectivity index (χ3v) is 4.47. The summed E-state index contributed by atoms with van der Waals surface area (Å²) in [6.45, 7) is 1.56. The number of methoxy groups -OCH3 is 1. The molecule has 148 valence electrons. The molecule has 0 fully saturated rings. The van der Waals surface area contributed by atoms with Gasteiger partial charge in [0.15, 0.2) is 11.5 Å². The third-order valence-electron chi connectivity index (χ3n) is 4.47. The van der Waals surface area contributed by atoms with Crippen molar-refractivity contribution in [1.82, 2.24) is 4.98 Å². The van der Waals surface area contributed by atoms with Crippen molar-refractivity contribution in [2.45, 2.75) is 6.54 Å². The standard InChI is InChI=1S/C22H21N3O4/c1-27-18-5-3-2-4-16(18)14-24-21-12-15(8-9-23-21)22(26)25-17-6-7-19-20(13-17)29-11-10-28-19/h2-9,12-13H,10-11,14H2,1H3,(H,23,24)(H,25,26). The molecule has 0 radical (unpaired) electrons. The van der Waals surface area contributed by atoms with Crippen LogP contribution in [-0.4, -0.2) is 31.2 Å². The Labute approximate surface area is 168 Å². The van der Waals surface area contributed by atoms with E-state index in [1.807, 2.05) is 24.3 Å². The lowest BCUT2D eigenvalue weighted by Crippen LogP contribution is -2.16. The van der Waals surface area contributed by atoms with Crippen molar-refractivity contribution in [3.05, 3.63) is 71.9 Å². The predicted octanol–water partition coefficient (Wildman–Crippen LogP) is 3.73. The van der Waals surface area contributed by atoms with Crippen molar-refractivity contribution in [2.75, 3.05) is 31.0 Å². The summed E-state index contributed by atoms with van der Waals surface area (Å²) in [7, 11) is 1.64. The van der Waals surface area contributed by atoms with Crippen LogP contribution in [0, 0.1) is 0 Å². The zero-order valence-corrected chi connectivity index (χ0v) is 16.0. The van der Waals surface area contributed by atoms with Crippen molar-refractivity contribution < 1.29 is 19.0 Å². The number of para-hydroxylation sites is 1. The molecule has 0 saturated carbocycles. The number of nitrogens with one attached hydrogen (secondary N) is 2. The molecule has 29 heavy (non-hydrogen) atoms. The molecular formula is C22H21N3O4. The van der Waals surface area contributed by atoms with Gasteiger partial charge in [-0.3, -0.25) is 4.79 Å². The quantitative estimate of drug-likeness (QED) is 0.666. The van der Waals surface area contributed by atoms with Crippen LogP contribution in [-0.2, 0) is 6.54 Å². The highest BCUT2D eigenvalue weighted by atomic mass is 16.6. The second-order valence-electron chi connectivity index (χ2n) is 6.41. The van der Waals surface area contributed by atoms with Crippen LogP contribution in [0.4, 0.5) is 11.5 Å². The second kappa shape index (κ2) is 8.52. The van der Waals surface area contributed by atoms with Gasteiger partial charge in [0, 0.05) is 35.6 Å². The summed E-state index contributed by atoms with van der Waals surface area (Å²) in [4.78, 5) is 16.9. The molecule has 2 aromatic carbocycles. The zero-order valence-electron chi connectivity index (χ0n) is 16.0.